The number of nitrogens with zero attached hydrogens (tertiary/aromatic N) is 1. The first kappa shape index (κ1) is 24.3. The number of aromatic hydroxyl groups is 1. The highest BCUT2D eigenvalue weighted by molar-refractivity contribution is 7.99. The van der Waals surface area contributed by atoms with E-state index in [1.54, 1.807) is 18.2 Å². The highest BCUT2D eigenvalue weighted by Gasteiger charge is 2.28. The molecule has 1 aliphatic heterocycles. The van der Waals surface area contributed by atoms with Gasteiger partial charge in [-0.15, -0.1) is 0 Å². The quantitative estimate of drug-likeness (QED) is 0.570. The van der Waals surface area contributed by atoms with Crippen molar-refractivity contribution in [2.45, 2.75) is 63.6 Å². The molecule has 182 valence electrons. The van der Waals surface area contributed by atoms with Crippen LogP contribution in [0.5, 0.6) is 11.6 Å². The fraction of sp³-hybridized carbons (Fsp3) is 0.480. The number of thioether (sulfide) groups is 1. The van der Waals surface area contributed by atoms with E-state index >= 15 is 0 Å². The Morgan fingerprint density at radius 1 is 1.03 bits per heavy atom. The number of benzene rings is 1. The van der Waals surface area contributed by atoms with E-state index in [0.717, 1.165) is 29.9 Å². The summed E-state index contributed by atoms with van der Waals surface area (Å²) in [5.41, 5.74) is 0.977. The molecule has 1 saturated carbocycles. The molecule has 1 aliphatic carbocycles. The molecule has 1 aromatic carbocycles. The predicted octanol–water partition coefficient (Wildman–Crippen LogP) is 3.98. The highest BCUT2D eigenvalue weighted by Crippen LogP contribution is 2.27. The van der Waals surface area contributed by atoms with E-state index < -0.39 is 11.7 Å². The number of phenolic OH excluding ortho intramolecular Hbond substituents is 1. The Morgan fingerprint density at radius 2 is 1.68 bits per heavy atom. The minimum Gasteiger partial charge on any atom is -0.507 e. The Morgan fingerprint density at radius 3 is 2.32 bits per heavy atom. The van der Waals surface area contributed by atoms with Crippen LogP contribution < -0.4 is 15.4 Å². The summed E-state index contributed by atoms with van der Waals surface area (Å²) in [7, 11) is 0. The summed E-state index contributed by atoms with van der Waals surface area (Å²) in [5, 5.41) is 15.9. The van der Waals surface area contributed by atoms with Gasteiger partial charge >= 0.3 is 0 Å². The van der Waals surface area contributed by atoms with Crippen LogP contribution in [-0.2, 0) is 0 Å². The summed E-state index contributed by atoms with van der Waals surface area (Å²) >= 11 is 1.86. The van der Waals surface area contributed by atoms with E-state index in [2.05, 4.69) is 15.6 Å². The number of aryl methyl sites for hydroxylation is 1. The molecule has 7 nitrogen and oxygen atoms in total. The van der Waals surface area contributed by atoms with Crippen molar-refractivity contribution in [2.24, 2.45) is 0 Å². The van der Waals surface area contributed by atoms with Gasteiger partial charge in [-0.3, -0.25) is 9.59 Å². The fourth-order valence-corrected chi connectivity index (χ4v) is 5.47. The minimum absolute atomic E-state index is 0.0399. The average Bonchev–Trinajstić information content (AvgIpc) is 2.81. The molecule has 2 amide bonds. The maximum absolute atomic E-state index is 14.6. The average molecular weight is 488 g/mol. The van der Waals surface area contributed by atoms with Gasteiger partial charge < -0.3 is 20.5 Å². The molecular formula is C25H30FN3O4S. The zero-order valence-electron chi connectivity index (χ0n) is 19.2. The van der Waals surface area contributed by atoms with Crippen molar-refractivity contribution in [1.82, 2.24) is 15.6 Å². The Balaban J connectivity index is 1.32. The number of ether oxygens (including phenoxy) is 1. The van der Waals surface area contributed by atoms with Crippen LogP contribution in [-0.4, -0.2) is 51.6 Å². The van der Waals surface area contributed by atoms with Crippen LogP contribution in [0.25, 0.3) is 0 Å². The Bertz CT molecular complexity index is 1040. The van der Waals surface area contributed by atoms with E-state index in [1.165, 1.54) is 12.3 Å². The molecule has 1 aromatic heterocycles. The van der Waals surface area contributed by atoms with Crippen LogP contribution >= 0.6 is 11.8 Å². The number of carbonyl (C=O) groups is 2. The molecule has 0 spiro atoms. The number of pyridine rings is 1. The van der Waals surface area contributed by atoms with Gasteiger partial charge in [0.2, 0.25) is 5.88 Å². The second-order valence-corrected chi connectivity index (χ2v) is 10.1. The minimum atomic E-state index is -0.647. The van der Waals surface area contributed by atoms with Gasteiger partial charge in [-0.2, -0.15) is 11.8 Å². The molecular weight excluding hydrogens is 457 g/mol. The van der Waals surface area contributed by atoms with Gasteiger partial charge in [-0.05, 0) is 80.7 Å². The van der Waals surface area contributed by atoms with E-state index in [-0.39, 0.29) is 46.9 Å². The van der Waals surface area contributed by atoms with Gasteiger partial charge in [-0.1, -0.05) is 6.07 Å². The molecule has 0 unspecified atom stereocenters. The van der Waals surface area contributed by atoms with Crippen LogP contribution in [0.15, 0.2) is 30.5 Å². The van der Waals surface area contributed by atoms with E-state index in [9.17, 15) is 19.1 Å². The number of aromatic nitrogens is 1. The van der Waals surface area contributed by atoms with E-state index in [1.807, 2.05) is 18.7 Å². The smallest absolute Gasteiger partial charge is 0.260 e. The van der Waals surface area contributed by atoms with Crippen molar-refractivity contribution in [3.05, 3.63) is 53.0 Å². The third-order valence-corrected chi connectivity index (χ3v) is 7.38. The topological polar surface area (TPSA) is 101 Å². The van der Waals surface area contributed by atoms with Crippen molar-refractivity contribution in [1.29, 1.82) is 0 Å². The van der Waals surface area contributed by atoms with Gasteiger partial charge in [0.1, 0.15) is 23.2 Å². The summed E-state index contributed by atoms with van der Waals surface area (Å²) in [4.78, 5) is 29.6. The molecule has 4 rings (SSSR count). The molecule has 2 heterocycles. The standard InChI is InChI=1S/C25H30FN3O4S/c1-15-2-7-19(21(30)14-15)23(31)28-16-3-5-17(6-4-16)29-24(32)22-20(26)8-11-27-25(22)33-18-9-12-34-13-10-18/h2,7-8,11,14,16-18,30H,3-6,9-10,12-13H2,1H3,(H,28,31)(H,29,32). The first-order valence-corrected chi connectivity index (χ1v) is 12.9. The zero-order valence-corrected chi connectivity index (χ0v) is 20.0. The lowest BCUT2D eigenvalue weighted by Crippen LogP contribution is -2.44. The normalized spacial score (nSPS) is 21.0. The first-order chi connectivity index (χ1) is 16.4. The molecule has 0 bridgehead atoms. The van der Waals surface area contributed by atoms with Gasteiger partial charge in [-0.25, -0.2) is 9.37 Å². The molecule has 2 aliphatic rings. The number of hydrogen-bond donors (Lipinski definition) is 3. The van der Waals surface area contributed by atoms with Gasteiger partial charge in [0, 0.05) is 18.3 Å². The van der Waals surface area contributed by atoms with Crippen LogP contribution in [0.3, 0.4) is 0 Å². The SMILES string of the molecule is Cc1ccc(C(=O)NC2CCC(NC(=O)c3c(F)ccnc3OC3CCSCC3)CC2)c(O)c1. The lowest BCUT2D eigenvalue weighted by molar-refractivity contribution is 0.0881. The molecule has 2 fully saturated rings. The van der Waals surface area contributed by atoms with Crippen LogP contribution in [0.2, 0.25) is 0 Å². The number of phenols is 1. The molecule has 0 radical (unpaired) electrons. The van der Waals surface area contributed by atoms with Crippen molar-refractivity contribution < 1.29 is 23.8 Å². The maximum atomic E-state index is 14.6. The van der Waals surface area contributed by atoms with Gasteiger partial charge in [0.15, 0.2) is 0 Å². The molecule has 9 heteroatoms. The van der Waals surface area contributed by atoms with Crippen LogP contribution in [0, 0.1) is 12.7 Å². The second kappa shape index (κ2) is 11.1. The Kier molecular flexibility index (Phi) is 7.92. The molecule has 0 atom stereocenters. The number of rotatable bonds is 6. The Hall–Kier alpha value is -2.81. The van der Waals surface area contributed by atoms with Crippen molar-refractivity contribution in [3.8, 4) is 11.6 Å². The Labute approximate surface area is 202 Å². The highest BCUT2D eigenvalue weighted by atomic mass is 32.2. The van der Waals surface area contributed by atoms with Crippen molar-refractivity contribution in [3.63, 3.8) is 0 Å². The molecule has 3 N–H and O–H groups in total. The maximum Gasteiger partial charge on any atom is 0.260 e. The van der Waals surface area contributed by atoms with Crippen molar-refractivity contribution >= 4 is 23.6 Å². The number of halogens is 1. The van der Waals surface area contributed by atoms with Crippen LogP contribution in [0.4, 0.5) is 4.39 Å². The van der Waals surface area contributed by atoms with Crippen molar-refractivity contribution in [2.75, 3.05) is 11.5 Å². The number of nitrogens with one attached hydrogen (secondary N) is 2. The second-order valence-electron chi connectivity index (χ2n) is 8.92. The largest absolute Gasteiger partial charge is 0.507 e. The summed E-state index contributed by atoms with van der Waals surface area (Å²) in [6, 6.07) is 5.94. The van der Waals surface area contributed by atoms with E-state index in [4.69, 9.17) is 4.74 Å². The zero-order chi connectivity index (χ0) is 24.1. The van der Waals surface area contributed by atoms with Crippen LogP contribution in [0.1, 0.15) is 64.8 Å². The predicted molar refractivity (Wildman–Crippen MR) is 129 cm³/mol. The summed E-state index contributed by atoms with van der Waals surface area (Å²) in [6.07, 6.45) is 5.58. The summed E-state index contributed by atoms with van der Waals surface area (Å²) in [6.45, 7) is 1.85. The lowest BCUT2D eigenvalue weighted by Gasteiger charge is -2.30. The summed E-state index contributed by atoms with van der Waals surface area (Å²) < 4.78 is 20.5. The number of amides is 2. The number of hydrogen-bond acceptors (Lipinski definition) is 6. The third-order valence-electron chi connectivity index (χ3n) is 6.33. The third kappa shape index (κ3) is 6.00. The fourth-order valence-electron chi connectivity index (χ4n) is 4.40. The monoisotopic (exact) mass is 487 g/mol. The van der Waals surface area contributed by atoms with E-state index in [0.29, 0.717) is 25.7 Å². The van der Waals surface area contributed by atoms with Gasteiger partial charge in [0.25, 0.3) is 11.8 Å². The lowest BCUT2D eigenvalue weighted by atomic mass is 9.90. The number of carbonyl (C=O) groups excluding carboxylic acids is 2. The van der Waals surface area contributed by atoms with Gasteiger partial charge in [0.05, 0.1) is 5.56 Å². The molecule has 34 heavy (non-hydrogen) atoms. The summed E-state index contributed by atoms with van der Waals surface area (Å²) in [5.74, 6) is 0.477. The molecule has 2 aromatic rings. The molecule has 1 saturated heterocycles. The first-order valence-electron chi connectivity index (χ1n) is 11.7.